The number of fused-ring (bicyclic) bond motifs is 1. The van der Waals surface area contributed by atoms with E-state index in [1.807, 2.05) is 6.92 Å². The third-order valence-electron chi connectivity index (χ3n) is 4.18. The van der Waals surface area contributed by atoms with Crippen molar-refractivity contribution in [2.75, 3.05) is 18.4 Å². The van der Waals surface area contributed by atoms with Gasteiger partial charge in [-0.15, -0.1) is 0 Å². The van der Waals surface area contributed by atoms with Crippen molar-refractivity contribution in [2.45, 2.75) is 18.7 Å². The summed E-state index contributed by atoms with van der Waals surface area (Å²) in [5.74, 6) is -0.0305. The van der Waals surface area contributed by atoms with Crippen LogP contribution in [-0.2, 0) is 14.8 Å². The Kier molecular flexibility index (Phi) is 5.51. The Hall–Kier alpha value is -3.13. The van der Waals surface area contributed by atoms with Crippen molar-refractivity contribution >= 4 is 32.6 Å². The third kappa shape index (κ3) is 3.77. The van der Waals surface area contributed by atoms with Crippen molar-refractivity contribution in [3.05, 3.63) is 59.8 Å². The van der Waals surface area contributed by atoms with Crippen molar-refractivity contribution < 1.29 is 22.7 Å². The number of anilines is 1. The monoisotopic (exact) mass is 400 g/mol. The second kappa shape index (κ2) is 7.85. The first-order valence-electron chi connectivity index (χ1n) is 8.59. The van der Waals surface area contributed by atoms with Crippen LogP contribution in [0.3, 0.4) is 0 Å². The number of hydrogen-bond donors (Lipinski definition) is 1. The van der Waals surface area contributed by atoms with E-state index in [1.165, 1.54) is 19.2 Å². The second-order valence-corrected chi connectivity index (χ2v) is 7.67. The first-order valence-corrected chi connectivity index (χ1v) is 10.1. The van der Waals surface area contributed by atoms with Gasteiger partial charge in [0.15, 0.2) is 0 Å². The lowest BCUT2D eigenvalue weighted by Gasteiger charge is -2.14. The predicted molar refractivity (Wildman–Crippen MR) is 106 cm³/mol. The van der Waals surface area contributed by atoms with E-state index in [1.54, 1.807) is 43.5 Å². The molecule has 7 nitrogen and oxygen atoms in total. The summed E-state index contributed by atoms with van der Waals surface area (Å²) < 4.78 is 39.0. The van der Waals surface area contributed by atoms with Crippen molar-refractivity contribution in [3.8, 4) is 5.75 Å². The zero-order valence-corrected chi connectivity index (χ0v) is 16.5. The first kappa shape index (κ1) is 19.6. The van der Waals surface area contributed by atoms with Crippen molar-refractivity contribution in [3.63, 3.8) is 0 Å². The van der Waals surface area contributed by atoms with Gasteiger partial charge < -0.3 is 9.47 Å². The summed E-state index contributed by atoms with van der Waals surface area (Å²) in [5.41, 5.74) is 1.69. The number of aromatic nitrogens is 1. The van der Waals surface area contributed by atoms with E-state index in [-0.39, 0.29) is 10.5 Å². The predicted octanol–water partition coefficient (Wildman–Crippen LogP) is 3.53. The number of sulfonamides is 1. The van der Waals surface area contributed by atoms with Crippen LogP contribution in [0.2, 0.25) is 0 Å². The van der Waals surface area contributed by atoms with Gasteiger partial charge in [-0.25, -0.2) is 13.2 Å². The van der Waals surface area contributed by atoms with E-state index in [0.717, 1.165) is 0 Å². The number of nitrogens with zero attached hydrogens (tertiary/aromatic N) is 1. The van der Waals surface area contributed by atoms with E-state index >= 15 is 0 Å². The Morgan fingerprint density at radius 2 is 1.96 bits per heavy atom. The van der Waals surface area contributed by atoms with Crippen LogP contribution in [0, 0.1) is 6.92 Å². The molecule has 3 rings (SSSR count). The molecule has 1 aromatic heterocycles. The summed E-state index contributed by atoms with van der Waals surface area (Å²) in [6, 6.07) is 11.1. The molecule has 0 aliphatic carbocycles. The number of aryl methyl sites for hydroxylation is 1. The van der Waals surface area contributed by atoms with Gasteiger partial charge in [0.25, 0.3) is 10.0 Å². The fraction of sp³-hybridized carbons (Fsp3) is 0.200. The van der Waals surface area contributed by atoms with Crippen LogP contribution in [0.1, 0.15) is 22.8 Å². The SMILES string of the molecule is CCOc1ccc(S(=O)(=O)Nc2cc(C(=O)OC)ccc2C)c2cccnc12. The van der Waals surface area contributed by atoms with E-state index < -0.39 is 16.0 Å². The number of benzene rings is 2. The van der Waals surface area contributed by atoms with Crippen LogP contribution in [0.25, 0.3) is 10.9 Å². The molecule has 0 spiro atoms. The number of carbonyl (C=O) groups excluding carboxylic acids is 1. The van der Waals surface area contributed by atoms with Crippen LogP contribution < -0.4 is 9.46 Å². The minimum atomic E-state index is -3.94. The maximum Gasteiger partial charge on any atom is 0.337 e. The Morgan fingerprint density at radius 1 is 1.18 bits per heavy atom. The largest absolute Gasteiger partial charge is 0.492 e. The standard InChI is InChI=1S/C20H20N2O5S/c1-4-27-17-9-10-18(15-6-5-11-21-19(15)17)28(24,25)22-16-12-14(20(23)26-3)8-7-13(16)2/h5-12,22H,4H2,1-3H3. The lowest BCUT2D eigenvalue weighted by atomic mass is 10.1. The van der Waals surface area contributed by atoms with Gasteiger partial charge in [0.05, 0.1) is 29.9 Å². The molecule has 2 aromatic carbocycles. The summed E-state index contributed by atoms with van der Waals surface area (Å²) in [5, 5.41) is 0.447. The molecular weight excluding hydrogens is 380 g/mol. The fourth-order valence-electron chi connectivity index (χ4n) is 2.80. The molecule has 0 aliphatic heterocycles. The highest BCUT2D eigenvalue weighted by molar-refractivity contribution is 7.93. The minimum absolute atomic E-state index is 0.0712. The number of pyridine rings is 1. The summed E-state index contributed by atoms with van der Waals surface area (Å²) in [4.78, 5) is 16.1. The molecule has 0 saturated heterocycles. The molecule has 0 fully saturated rings. The quantitative estimate of drug-likeness (QED) is 0.636. The molecule has 0 radical (unpaired) electrons. The van der Waals surface area contributed by atoms with Crippen LogP contribution in [0.15, 0.2) is 53.6 Å². The first-order chi connectivity index (χ1) is 13.4. The smallest absolute Gasteiger partial charge is 0.337 e. The number of carbonyl (C=O) groups is 1. The molecule has 3 aromatic rings. The molecule has 1 N–H and O–H groups in total. The molecule has 28 heavy (non-hydrogen) atoms. The van der Waals surface area contributed by atoms with Gasteiger partial charge in [-0.2, -0.15) is 0 Å². The molecule has 0 aliphatic rings. The molecule has 8 heteroatoms. The molecule has 0 unspecified atom stereocenters. The van der Waals surface area contributed by atoms with Crippen LogP contribution in [0.4, 0.5) is 5.69 Å². The zero-order chi connectivity index (χ0) is 20.3. The molecule has 0 atom stereocenters. The summed E-state index contributed by atoms with van der Waals surface area (Å²) in [6.45, 7) is 4.03. The normalized spacial score (nSPS) is 11.2. The van der Waals surface area contributed by atoms with Crippen molar-refractivity contribution in [2.24, 2.45) is 0 Å². The second-order valence-electron chi connectivity index (χ2n) is 6.02. The molecule has 146 valence electrons. The Labute approximate surface area is 163 Å². The van der Waals surface area contributed by atoms with Gasteiger partial charge in [-0.3, -0.25) is 9.71 Å². The highest BCUT2D eigenvalue weighted by Gasteiger charge is 2.21. The molecule has 0 bridgehead atoms. The topological polar surface area (TPSA) is 94.6 Å². The van der Waals surface area contributed by atoms with Crippen LogP contribution in [-0.4, -0.2) is 33.1 Å². The molecular formula is C20H20N2O5S. The van der Waals surface area contributed by atoms with Gasteiger partial charge in [0, 0.05) is 11.6 Å². The zero-order valence-electron chi connectivity index (χ0n) is 15.7. The maximum atomic E-state index is 13.1. The van der Waals surface area contributed by atoms with E-state index in [9.17, 15) is 13.2 Å². The average molecular weight is 400 g/mol. The summed E-state index contributed by atoms with van der Waals surface area (Å²) >= 11 is 0. The van der Waals surface area contributed by atoms with Gasteiger partial charge in [0.2, 0.25) is 0 Å². The molecule has 1 heterocycles. The van der Waals surface area contributed by atoms with Gasteiger partial charge >= 0.3 is 5.97 Å². The number of nitrogens with one attached hydrogen (secondary N) is 1. The number of rotatable bonds is 6. The Balaban J connectivity index is 2.08. The van der Waals surface area contributed by atoms with E-state index in [4.69, 9.17) is 9.47 Å². The molecule has 0 amide bonds. The number of esters is 1. The number of hydrogen-bond acceptors (Lipinski definition) is 6. The average Bonchev–Trinajstić information content (AvgIpc) is 2.69. The van der Waals surface area contributed by atoms with Gasteiger partial charge in [0.1, 0.15) is 11.3 Å². The summed E-state index contributed by atoms with van der Waals surface area (Å²) in [6.07, 6.45) is 1.58. The van der Waals surface area contributed by atoms with E-state index in [0.29, 0.717) is 34.5 Å². The highest BCUT2D eigenvalue weighted by atomic mass is 32.2. The van der Waals surface area contributed by atoms with Crippen LogP contribution >= 0.6 is 0 Å². The number of ether oxygens (including phenoxy) is 2. The van der Waals surface area contributed by atoms with Crippen molar-refractivity contribution in [1.82, 2.24) is 4.98 Å². The maximum absolute atomic E-state index is 13.1. The lowest BCUT2D eigenvalue weighted by Crippen LogP contribution is -2.15. The van der Waals surface area contributed by atoms with Gasteiger partial charge in [-0.05, 0) is 55.8 Å². The Bertz CT molecular complexity index is 1140. The highest BCUT2D eigenvalue weighted by Crippen LogP contribution is 2.31. The van der Waals surface area contributed by atoms with E-state index in [2.05, 4.69) is 9.71 Å². The van der Waals surface area contributed by atoms with Crippen molar-refractivity contribution in [1.29, 1.82) is 0 Å². The Morgan fingerprint density at radius 3 is 2.68 bits per heavy atom. The number of methoxy groups -OCH3 is 1. The molecule has 0 saturated carbocycles. The fourth-order valence-corrected chi connectivity index (χ4v) is 4.12. The van der Waals surface area contributed by atoms with Crippen LogP contribution in [0.5, 0.6) is 5.75 Å². The van der Waals surface area contributed by atoms with Gasteiger partial charge in [-0.1, -0.05) is 6.07 Å². The lowest BCUT2D eigenvalue weighted by molar-refractivity contribution is 0.0600. The minimum Gasteiger partial charge on any atom is -0.492 e. The third-order valence-corrected chi connectivity index (χ3v) is 5.61. The summed E-state index contributed by atoms with van der Waals surface area (Å²) in [7, 11) is -2.67.